The standard InChI is InChI=1S/C9H14N2/c1-7-3-4-9(11-6-7)5-8(2)10/h3-4,6,8H,5,10H2,1-2H3/t8-/m0/s1. The van der Waals surface area contributed by atoms with E-state index in [-0.39, 0.29) is 6.04 Å². The van der Waals surface area contributed by atoms with E-state index in [4.69, 9.17) is 5.73 Å². The summed E-state index contributed by atoms with van der Waals surface area (Å²) in [6, 6.07) is 4.29. The summed E-state index contributed by atoms with van der Waals surface area (Å²) in [5.41, 5.74) is 7.89. The number of aromatic nitrogens is 1. The Morgan fingerprint density at radius 2 is 2.27 bits per heavy atom. The number of nitrogens with two attached hydrogens (primary N) is 1. The molecule has 1 aromatic heterocycles. The summed E-state index contributed by atoms with van der Waals surface area (Å²) in [5.74, 6) is 0. The molecule has 0 saturated heterocycles. The van der Waals surface area contributed by atoms with E-state index >= 15 is 0 Å². The van der Waals surface area contributed by atoms with Gasteiger partial charge in [0, 0.05) is 24.4 Å². The summed E-state index contributed by atoms with van der Waals surface area (Å²) in [6.07, 6.45) is 2.73. The average molecular weight is 150 g/mol. The zero-order valence-electron chi connectivity index (χ0n) is 7.04. The number of aryl methyl sites for hydroxylation is 1. The highest BCUT2D eigenvalue weighted by atomic mass is 14.7. The van der Waals surface area contributed by atoms with Crippen molar-refractivity contribution in [3.63, 3.8) is 0 Å². The van der Waals surface area contributed by atoms with Crippen molar-refractivity contribution in [2.24, 2.45) is 5.73 Å². The highest BCUT2D eigenvalue weighted by molar-refractivity contribution is 5.12. The van der Waals surface area contributed by atoms with Gasteiger partial charge < -0.3 is 5.73 Å². The molecule has 0 radical (unpaired) electrons. The molecule has 0 saturated carbocycles. The van der Waals surface area contributed by atoms with Gasteiger partial charge in [0.15, 0.2) is 0 Å². The van der Waals surface area contributed by atoms with Gasteiger partial charge in [0.1, 0.15) is 0 Å². The summed E-state index contributed by atoms with van der Waals surface area (Å²) >= 11 is 0. The molecule has 0 fully saturated rings. The molecular formula is C9H14N2. The smallest absolute Gasteiger partial charge is 0.0419 e. The summed E-state index contributed by atoms with van der Waals surface area (Å²) in [7, 11) is 0. The van der Waals surface area contributed by atoms with Gasteiger partial charge in [0.25, 0.3) is 0 Å². The van der Waals surface area contributed by atoms with Gasteiger partial charge in [-0.25, -0.2) is 0 Å². The molecule has 0 spiro atoms. The van der Waals surface area contributed by atoms with Gasteiger partial charge in [-0.05, 0) is 25.5 Å². The molecule has 0 aliphatic carbocycles. The van der Waals surface area contributed by atoms with E-state index in [9.17, 15) is 0 Å². The largest absolute Gasteiger partial charge is 0.328 e. The van der Waals surface area contributed by atoms with Gasteiger partial charge >= 0.3 is 0 Å². The van der Waals surface area contributed by atoms with Crippen molar-refractivity contribution in [1.82, 2.24) is 4.98 Å². The molecule has 0 unspecified atom stereocenters. The SMILES string of the molecule is Cc1ccc(C[C@H](C)N)nc1. The molecule has 0 amide bonds. The van der Waals surface area contributed by atoms with Crippen molar-refractivity contribution < 1.29 is 0 Å². The van der Waals surface area contributed by atoms with E-state index in [1.807, 2.05) is 26.1 Å². The maximum Gasteiger partial charge on any atom is 0.0419 e. The molecule has 1 aromatic rings. The Balaban J connectivity index is 2.66. The minimum absolute atomic E-state index is 0.199. The summed E-state index contributed by atoms with van der Waals surface area (Å²) in [4.78, 5) is 4.24. The van der Waals surface area contributed by atoms with Crippen LogP contribution in [0.15, 0.2) is 18.3 Å². The third-order valence-corrected chi connectivity index (χ3v) is 1.50. The maximum atomic E-state index is 5.62. The van der Waals surface area contributed by atoms with Gasteiger partial charge in [0.2, 0.25) is 0 Å². The van der Waals surface area contributed by atoms with Crippen molar-refractivity contribution in [3.8, 4) is 0 Å². The Bertz CT molecular complexity index is 214. The summed E-state index contributed by atoms with van der Waals surface area (Å²) in [5, 5.41) is 0. The lowest BCUT2D eigenvalue weighted by molar-refractivity contribution is 0.722. The normalized spacial score (nSPS) is 13.0. The number of hydrogen-bond acceptors (Lipinski definition) is 2. The molecule has 2 nitrogen and oxygen atoms in total. The maximum absolute atomic E-state index is 5.62. The fourth-order valence-corrected chi connectivity index (χ4v) is 0.949. The Morgan fingerprint density at radius 1 is 1.55 bits per heavy atom. The first-order chi connectivity index (χ1) is 5.18. The van der Waals surface area contributed by atoms with E-state index in [2.05, 4.69) is 11.1 Å². The minimum Gasteiger partial charge on any atom is -0.328 e. The average Bonchev–Trinajstić information content (AvgIpc) is 1.93. The fraction of sp³-hybridized carbons (Fsp3) is 0.444. The summed E-state index contributed by atoms with van der Waals surface area (Å²) < 4.78 is 0. The van der Waals surface area contributed by atoms with Crippen LogP contribution >= 0.6 is 0 Å². The van der Waals surface area contributed by atoms with Gasteiger partial charge in [0.05, 0.1) is 0 Å². The first-order valence-corrected chi connectivity index (χ1v) is 3.85. The predicted octanol–water partition coefficient (Wildman–Crippen LogP) is 1.28. The van der Waals surface area contributed by atoms with Crippen LogP contribution < -0.4 is 5.73 Å². The Hall–Kier alpha value is -0.890. The monoisotopic (exact) mass is 150 g/mol. The molecule has 1 heterocycles. The zero-order chi connectivity index (χ0) is 8.27. The van der Waals surface area contributed by atoms with Crippen LogP contribution in [0.3, 0.4) is 0 Å². The zero-order valence-corrected chi connectivity index (χ0v) is 7.04. The number of hydrogen-bond donors (Lipinski definition) is 1. The van der Waals surface area contributed by atoms with Crippen LogP contribution in [0, 0.1) is 6.92 Å². The number of rotatable bonds is 2. The van der Waals surface area contributed by atoms with Crippen LogP contribution in [-0.2, 0) is 6.42 Å². The van der Waals surface area contributed by atoms with Crippen LogP contribution in [0.25, 0.3) is 0 Å². The minimum atomic E-state index is 0.199. The third-order valence-electron chi connectivity index (χ3n) is 1.50. The van der Waals surface area contributed by atoms with Crippen LogP contribution in [0.1, 0.15) is 18.2 Å². The summed E-state index contributed by atoms with van der Waals surface area (Å²) in [6.45, 7) is 4.02. The molecule has 1 atom stereocenters. The number of pyridine rings is 1. The number of nitrogens with zero attached hydrogens (tertiary/aromatic N) is 1. The van der Waals surface area contributed by atoms with E-state index in [1.54, 1.807) is 0 Å². The molecule has 60 valence electrons. The van der Waals surface area contributed by atoms with E-state index < -0.39 is 0 Å². The van der Waals surface area contributed by atoms with Crippen LogP contribution in [-0.4, -0.2) is 11.0 Å². The van der Waals surface area contributed by atoms with Crippen molar-refractivity contribution >= 4 is 0 Å². The Morgan fingerprint density at radius 3 is 2.73 bits per heavy atom. The molecule has 2 N–H and O–H groups in total. The third kappa shape index (κ3) is 2.68. The lowest BCUT2D eigenvalue weighted by atomic mass is 10.1. The second-order valence-corrected chi connectivity index (χ2v) is 3.01. The topological polar surface area (TPSA) is 38.9 Å². The molecule has 2 heteroatoms. The molecular weight excluding hydrogens is 136 g/mol. The quantitative estimate of drug-likeness (QED) is 0.689. The fourth-order valence-electron chi connectivity index (χ4n) is 0.949. The lowest BCUT2D eigenvalue weighted by Crippen LogP contribution is -2.18. The van der Waals surface area contributed by atoms with Crippen molar-refractivity contribution in [1.29, 1.82) is 0 Å². The predicted molar refractivity (Wildman–Crippen MR) is 46.3 cm³/mol. The van der Waals surface area contributed by atoms with Crippen molar-refractivity contribution in [2.45, 2.75) is 26.3 Å². The molecule has 0 aliphatic rings. The second-order valence-electron chi connectivity index (χ2n) is 3.01. The molecule has 0 aliphatic heterocycles. The molecule has 1 rings (SSSR count). The van der Waals surface area contributed by atoms with Gasteiger partial charge in [-0.3, -0.25) is 4.98 Å². The van der Waals surface area contributed by atoms with E-state index in [0.717, 1.165) is 12.1 Å². The van der Waals surface area contributed by atoms with Gasteiger partial charge in [-0.15, -0.1) is 0 Å². The highest BCUT2D eigenvalue weighted by Gasteiger charge is 1.97. The van der Waals surface area contributed by atoms with Crippen LogP contribution in [0.2, 0.25) is 0 Å². The lowest BCUT2D eigenvalue weighted by Gasteiger charge is -2.03. The Labute approximate surface area is 67.5 Å². The second kappa shape index (κ2) is 3.49. The first-order valence-electron chi connectivity index (χ1n) is 3.85. The highest BCUT2D eigenvalue weighted by Crippen LogP contribution is 2.00. The van der Waals surface area contributed by atoms with Gasteiger partial charge in [-0.1, -0.05) is 6.07 Å². The van der Waals surface area contributed by atoms with Crippen LogP contribution in [0.5, 0.6) is 0 Å². The van der Waals surface area contributed by atoms with Crippen molar-refractivity contribution in [3.05, 3.63) is 29.6 Å². The first kappa shape index (κ1) is 8.21. The van der Waals surface area contributed by atoms with E-state index in [1.165, 1.54) is 5.56 Å². The molecule has 0 bridgehead atoms. The molecule has 0 aromatic carbocycles. The van der Waals surface area contributed by atoms with Crippen molar-refractivity contribution in [2.75, 3.05) is 0 Å². The van der Waals surface area contributed by atoms with E-state index in [0.29, 0.717) is 0 Å². The molecule has 11 heavy (non-hydrogen) atoms. The van der Waals surface area contributed by atoms with Crippen LogP contribution in [0.4, 0.5) is 0 Å². The Kier molecular flexibility index (Phi) is 2.60. The van der Waals surface area contributed by atoms with Gasteiger partial charge in [-0.2, -0.15) is 0 Å².